The summed E-state index contributed by atoms with van der Waals surface area (Å²) in [5, 5.41) is 11.7. The second-order valence-corrected chi connectivity index (χ2v) is 6.38. The number of carbonyl (C=O) groups excluding carboxylic acids is 2. The molecule has 0 amide bonds. The second-order valence-electron chi connectivity index (χ2n) is 6.38. The van der Waals surface area contributed by atoms with E-state index in [-0.39, 0.29) is 22.6 Å². The molecule has 0 aliphatic heterocycles. The molecule has 1 saturated carbocycles. The van der Waals surface area contributed by atoms with E-state index < -0.39 is 12.0 Å². The highest BCUT2D eigenvalue weighted by Gasteiger charge is 2.36. The summed E-state index contributed by atoms with van der Waals surface area (Å²) in [6.45, 7) is 6.02. The maximum Gasteiger partial charge on any atom is 0.320 e. The summed E-state index contributed by atoms with van der Waals surface area (Å²) in [5.74, 6) is -1.27. The molecule has 1 aliphatic rings. The Bertz CT molecular complexity index is 458. The minimum absolute atomic E-state index is 0.122. The third-order valence-electron chi connectivity index (χ3n) is 3.61. The molecule has 0 aromatic heterocycles. The fourth-order valence-electron chi connectivity index (χ4n) is 2.49. The van der Waals surface area contributed by atoms with Gasteiger partial charge < -0.3 is 16.2 Å². The summed E-state index contributed by atoms with van der Waals surface area (Å²) in [4.78, 5) is 34.7. The van der Waals surface area contributed by atoms with Crippen molar-refractivity contribution >= 4 is 17.5 Å². The van der Waals surface area contributed by atoms with Gasteiger partial charge in [0.2, 0.25) is 0 Å². The first-order chi connectivity index (χ1) is 9.64. The van der Waals surface area contributed by atoms with Crippen molar-refractivity contribution in [3.8, 4) is 0 Å². The molecule has 21 heavy (non-hydrogen) atoms. The zero-order chi connectivity index (χ0) is 16.2. The van der Waals surface area contributed by atoms with Crippen LogP contribution in [0.2, 0.25) is 0 Å². The molecular formula is C15H24N2O4. The van der Waals surface area contributed by atoms with E-state index in [0.29, 0.717) is 37.9 Å². The molecule has 6 heteroatoms. The lowest BCUT2D eigenvalue weighted by atomic mass is 9.73. The highest BCUT2D eigenvalue weighted by atomic mass is 16.4. The van der Waals surface area contributed by atoms with Crippen molar-refractivity contribution in [2.75, 3.05) is 6.54 Å². The minimum Gasteiger partial charge on any atom is -0.480 e. The lowest BCUT2D eigenvalue weighted by Gasteiger charge is -2.29. The van der Waals surface area contributed by atoms with E-state index in [2.05, 4.69) is 5.32 Å². The molecule has 0 bridgehead atoms. The topological polar surface area (TPSA) is 109 Å². The maximum absolute atomic E-state index is 12.1. The summed E-state index contributed by atoms with van der Waals surface area (Å²) in [6, 6.07) is -0.876. The number of hydrogen-bond donors (Lipinski definition) is 3. The molecule has 6 nitrogen and oxygen atoms in total. The number of carboxylic acid groups (broad SMARTS) is 1. The SMILES string of the molecule is CC(NCCC[C@H](N)C(=O)O)=C1C(=O)CC(C)(C)CC1=O. The van der Waals surface area contributed by atoms with Gasteiger partial charge in [-0.3, -0.25) is 14.4 Å². The van der Waals surface area contributed by atoms with Crippen LogP contribution >= 0.6 is 0 Å². The van der Waals surface area contributed by atoms with Crippen LogP contribution in [-0.4, -0.2) is 35.2 Å². The van der Waals surface area contributed by atoms with Crippen molar-refractivity contribution in [3.63, 3.8) is 0 Å². The first kappa shape index (κ1) is 17.4. The van der Waals surface area contributed by atoms with Crippen molar-refractivity contribution in [1.82, 2.24) is 5.32 Å². The van der Waals surface area contributed by atoms with Gasteiger partial charge in [-0.25, -0.2) is 0 Å². The molecule has 0 saturated heterocycles. The quantitative estimate of drug-likeness (QED) is 0.383. The summed E-state index contributed by atoms with van der Waals surface area (Å²) >= 11 is 0. The Morgan fingerprint density at radius 2 is 1.86 bits per heavy atom. The van der Waals surface area contributed by atoms with Crippen LogP contribution in [0.4, 0.5) is 0 Å². The third kappa shape index (κ3) is 4.97. The summed E-state index contributed by atoms with van der Waals surface area (Å²) in [7, 11) is 0. The Balaban J connectivity index is 2.57. The van der Waals surface area contributed by atoms with Crippen molar-refractivity contribution in [1.29, 1.82) is 0 Å². The van der Waals surface area contributed by atoms with Gasteiger partial charge in [0.05, 0.1) is 5.57 Å². The Morgan fingerprint density at radius 3 is 2.33 bits per heavy atom. The van der Waals surface area contributed by atoms with Crippen molar-refractivity contribution in [2.24, 2.45) is 11.1 Å². The zero-order valence-electron chi connectivity index (χ0n) is 12.9. The van der Waals surface area contributed by atoms with Gasteiger partial charge in [-0.05, 0) is 25.2 Å². The van der Waals surface area contributed by atoms with E-state index in [1.807, 2.05) is 13.8 Å². The average Bonchev–Trinajstić information content (AvgIpc) is 2.31. The van der Waals surface area contributed by atoms with Gasteiger partial charge in [0.1, 0.15) is 6.04 Å². The molecule has 4 N–H and O–H groups in total. The van der Waals surface area contributed by atoms with E-state index in [0.717, 1.165) is 0 Å². The number of nitrogens with one attached hydrogen (secondary N) is 1. The number of ketones is 2. The number of rotatable bonds is 6. The van der Waals surface area contributed by atoms with E-state index in [9.17, 15) is 14.4 Å². The normalized spacial score (nSPS) is 19.3. The van der Waals surface area contributed by atoms with Gasteiger partial charge in [-0.1, -0.05) is 13.8 Å². The Kier molecular flexibility index (Phi) is 5.66. The van der Waals surface area contributed by atoms with Crippen LogP contribution in [-0.2, 0) is 14.4 Å². The van der Waals surface area contributed by atoms with Crippen molar-refractivity contribution in [2.45, 2.75) is 52.5 Å². The van der Waals surface area contributed by atoms with Crippen LogP contribution in [0, 0.1) is 5.41 Å². The first-order valence-electron chi connectivity index (χ1n) is 7.13. The molecule has 0 aromatic carbocycles. The Hall–Kier alpha value is -1.69. The van der Waals surface area contributed by atoms with Gasteiger partial charge in [0, 0.05) is 25.1 Å². The fourth-order valence-corrected chi connectivity index (χ4v) is 2.49. The highest BCUT2D eigenvalue weighted by Crippen LogP contribution is 2.34. The van der Waals surface area contributed by atoms with E-state index in [1.165, 1.54) is 0 Å². The second kappa shape index (κ2) is 6.85. The summed E-state index contributed by atoms with van der Waals surface area (Å²) in [6.07, 6.45) is 1.65. The van der Waals surface area contributed by atoms with Crippen LogP contribution in [0.25, 0.3) is 0 Å². The predicted octanol–water partition coefficient (Wildman–Crippen LogP) is 1.00. The zero-order valence-corrected chi connectivity index (χ0v) is 12.9. The molecule has 118 valence electrons. The largest absolute Gasteiger partial charge is 0.480 e. The van der Waals surface area contributed by atoms with Crippen LogP contribution in [0.1, 0.15) is 46.5 Å². The molecular weight excluding hydrogens is 272 g/mol. The summed E-state index contributed by atoms with van der Waals surface area (Å²) in [5.41, 5.74) is 5.97. The fraction of sp³-hybridized carbons (Fsp3) is 0.667. The van der Waals surface area contributed by atoms with Crippen LogP contribution in [0.3, 0.4) is 0 Å². The molecule has 1 fully saturated rings. The lowest BCUT2D eigenvalue weighted by molar-refractivity contribution is -0.138. The standard InChI is InChI=1S/C15H24N2O4/c1-9(17-6-4-5-10(16)14(20)21)13-11(18)7-15(2,3)8-12(13)19/h10,17H,4-8,16H2,1-3H3,(H,20,21)/t10-/m0/s1. The van der Waals surface area contributed by atoms with Crippen molar-refractivity contribution < 1.29 is 19.5 Å². The first-order valence-corrected chi connectivity index (χ1v) is 7.13. The summed E-state index contributed by atoms with van der Waals surface area (Å²) < 4.78 is 0. The molecule has 0 heterocycles. The van der Waals surface area contributed by atoms with E-state index >= 15 is 0 Å². The molecule has 1 rings (SSSR count). The van der Waals surface area contributed by atoms with Crippen LogP contribution < -0.4 is 11.1 Å². The number of aliphatic carboxylic acids is 1. The Morgan fingerprint density at radius 1 is 1.33 bits per heavy atom. The number of carboxylic acids is 1. The van der Waals surface area contributed by atoms with E-state index in [4.69, 9.17) is 10.8 Å². The monoisotopic (exact) mass is 296 g/mol. The molecule has 1 aliphatic carbocycles. The smallest absolute Gasteiger partial charge is 0.320 e. The highest BCUT2D eigenvalue weighted by molar-refractivity contribution is 6.22. The number of Topliss-reactive ketones (excluding diaryl/α,β-unsaturated/α-hetero) is 2. The van der Waals surface area contributed by atoms with Crippen LogP contribution in [0.15, 0.2) is 11.3 Å². The molecule has 0 spiro atoms. The molecule has 0 radical (unpaired) electrons. The molecule has 1 atom stereocenters. The van der Waals surface area contributed by atoms with Gasteiger partial charge in [0.15, 0.2) is 11.6 Å². The van der Waals surface area contributed by atoms with Gasteiger partial charge in [-0.2, -0.15) is 0 Å². The van der Waals surface area contributed by atoms with Crippen LogP contribution in [0.5, 0.6) is 0 Å². The van der Waals surface area contributed by atoms with Gasteiger partial charge in [0.25, 0.3) is 0 Å². The third-order valence-corrected chi connectivity index (χ3v) is 3.61. The average molecular weight is 296 g/mol. The van der Waals surface area contributed by atoms with E-state index in [1.54, 1.807) is 6.92 Å². The minimum atomic E-state index is -1.02. The number of carbonyl (C=O) groups is 3. The number of nitrogens with two attached hydrogens (primary N) is 1. The molecule has 0 unspecified atom stereocenters. The number of hydrogen-bond acceptors (Lipinski definition) is 5. The van der Waals surface area contributed by atoms with Gasteiger partial charge >= 0.3 is 5.97 Å². The molecule has 0 aromatic rings. The Labute approximate surface area is 124 Å². The lowest BCUT2D eigenvalue weighted by Crippen LogP contribution is -2.34. The maximum atomic E-state index is 12.1. The predicted molar refractivity (Wildman–Crippen MR) is 78.6 cm³/mol. The van der Waals surface area contributed by atoms with Gasteiger partial charge in [-0.15, -0.1) is 0 Å². The number of allylic oxidation sites excluding steroid dienone is 2. The van der Waals surface area contributed by atoms with Crippen molar-refractivity contribution in [3.05, 3.63) is 11.3 Å².